The topological polar surface area (TPSA) is 60.4 Å². The van der Waals surface area contributed by atoms with E-state index >= 15 is 0 Å². The van der Waals surface area contributed by atoms with Gasteiger partial charge in [0, 0.05) is 51.4 Å². The Morgan fingerprint density at radius 3 is 2.80 bits per heavy atom. The number of nitrogens with zero attached hydrogens (tertiary/aromatic N) is 2. The zero-order valence-corrected chi connectivity index (χ0v) is 11.9. The minimum Gasteiger partial charge on any atom is -0.391 e. The van der Waals surface area contributed by atoms with Crippen molar-refractivity contribution in [1.82, 2.24) is 15.6 Å². The summed E-state index contributed by atoms with van der Waals surface area (Å²) >= 11 is 0. The van der Waals surface area contributed by atoms with Crippen LogP contribution in [-0.4, -0.2) is 48.9 Å². The number of aliphatic hydroxyl groups is 1. The summed E-state index contributed by atoms with van der Waals surface area (Å²) in [6.45, 7) is 5.56. The van der Waals surface area contributed by atoms with E-state index < -0.39 is 0 Å². The number of β-amino-alcohol motifs (C(OH)–C–C–N with tert-alkyl or cyclic N) is 1. The minimum absolute atomic E-state index is 0.210. The van der Waals surface area contributed by atoms with Crippen molar-refractivity contribution in [2.24, 2.45) is 5.92 Å². The summed E-state index contributed by atoms with van der Waals surface area (Å²) in [5.41, 5.74) is 1.20. The summed E-state index contributed by atoms with van der Waals surface area (Å²) < 4.78 is 0. The number of rotatable bonds is 5. The molecule has 0 aromatic carbocycles. The van der Waals surface area contributed by atoms with Crippen molar-refractivity contribution in [2.45, 2.75) is 25.5 Å². The van der Waals surface area contributed by atoms with Crippen molar-refractivity contribution in [3.8, 4) is 0 Å². The van der Waals surface area contributed by atoms with Gasteiger partial charge in [-0.1, -0.05) is 6.07 Å². The van der Waals surface area contributed by atoms with Crippen LogP contribution in [0, 0.1) is 5.92 Å². The zero-order valence-electron chi connectivity index (χ0n) is 11.9. The quantitative estimate of drug-likeness (QED) is 0.724. The molecule has 110 valence electrons. The van der Waals surface area contributed by atoms with Crippen LogP contribution in [0.4, 0.5) is 5.82 Å². The van der Waals surface area contributed by atoms with Crippen LogP contribution in [0.25, 0.3) is 0 Å². The van der Waals surface area contributed by atoms with Gasteiger partial charge in [-0.3, -0.25) is 0 Å². The number of anilines is 1. The van der Waals surface area contributed by atoms with E-state index in [4.69, 9.17) is 0 Å². The molecule has 0 bridgehead atoms. The highest BCUT2D eigenvalue weighted by Gasteiger charge is 2.24. The van der Waals surface area contributed by atoms with Gasteiger partial charge in [0.15, 0.2) is 0 Å². The fourth-order valence-electron chi connectivity index (χ4n) is 2.98. The maximum Gasteiger partial charge on any atom is 0.128 e. The van der Waals surface area contributed by atoms with E-state index in [1.54, 1.807) is 0 Å². The molecular formula is C15H24N4O. The van der Waals surface area contributed by atoms with Gasteiger partial charge in [0.2, 0.25) is 0 Å². The molecule has 2 saturated heterocycles. The molecule has 0 aliphatic carbocycles. The van der Waals surface area contributed by atoms with Gasteiger partial charge in [0.05, 0.1) is 6.10 Å². The normalized spacial score (nSPS) is 26.4. The van der Waals surface area contributed by atoms with E-state index in [0.717, 1.165) is 45.1 Å². The highest BCUT2D eigenvalue weighted by molar-refractivity contribution is 5.40. The molecule has 3 N–H and O–H groups in total. The molecule has 3 heterocycles. The summed E-state index contributed by atoms with van der Waals surface area (Å²) in [7, 11) is 0. The van der Waals surface area contributed by atoms with Gasteiger partial charge in [0.1, 0.15) is 5.82 Å². The molecule has 5 nitrogen and oxygen atoms in total. The number of pyridine rings is 1. The number of aliphatic hydroxyl groups excluding tert-OH is 1. The van der Waals surface area contributed by atoms with Gasteiger partial charge in [-0.15, -0.1) is 0 Å². The summed E-state index contributed by atoms with van der Waals surface area (Å²) in [4.78, 5) is 6.90. The zero-order chi connectivity index (χ0) is 13.8. The van der Waals surface area contributed by atoms with Crippen molar-refractivity contribution in [3.05, 3.63) is 23.9 Å². The Labute approximate surface area is 120 Å². The van der Waals surface area contributed by atoms with Gasteiger partial charge in [-0.05, 0) is 24.5 Å². The lowest BCUT2D eigenvalue weighted by Gasteiger charge is -2.17. The Morgan fingerprint density at radius 2 is 2.15 bits per heavy atom. The second-order valence-corrected chi connectivity index (χ2v) is 5.84. The van der Waals surface area contributed by atoms with Gasteiger partial charge < -0.3 is 20.6 Å². The molecule has 0 radical (unpaired) electrons. The predicted octanol–water partition coefficient (Wildman–Crippen LogP) is 0.352. The van der Waals surface area contributed by atoms with Crippen LogP contribution in [0.3, 0.4) is 0 Å². The lowest BCUT2D eigenvalue weighted by atomic mass is 10.1. The number of hydrogen-bond donors (Lipinski definition) is 3. The molecule has 20 heavy (non-hydrogen) atoms. The Morgan fingerprint density at radius 1 is 1.30 bits per heavy atom. The summed E-state index contributed by atoms with van der Waals surface area (Å²) in [6, 6.07) is 4.27. The van der Waals surface area contributed by atoms with E-state index in [-0.39, 0.29) is 6.10 Å². The first-order valence-corrected chi connectivity index (χ1v) is 7.62. The van der Waals surface area contributed by atoms with E-state index in [9.17, 15) is 5.11 Å². The maximum absolute atomic E-state index is 9.72. The van der Waals surface area contributed by atoms with Gasteiger partial charge in [-0.25, -0.2) is 4.98 Å². The van der Waals surface area contributed by atoms with Crippen molar-refractivity contribution >= 4 is 5.82 Å². The second-order valence-electron chi connectivity index (χ2n) is 5.84. The van der Waals surface area contributed by atoms with E-state index in [2.05, 4.69) is 32.7 Å². The van der Waals surface area contributed by atoms with Crippen molar-refractivity contribution in [1.29, 1.82) is 0 Å². The average Bonchev–Trinajstić information content (AvgIpc) is 3.12. The fraction of sp³-hybridized carbons (Fsp3) is 0.667. The van der Waals surface area contributed by atoms with Crippen LogP contribution in [0.2, 0.25) is 0 Å². The fourth-order valence-corrected chi connectivity index (χ4v) is 2.98. The van der Waals surface area contributed by atoms with Crippen LogP contribution in [-0.2, 0) is 6.54 Å². The summed E-state index contributed by atoms with van der Waals surface area (Å²) in [6.07, 6.45) is 4.31. The molecule has 0 saturated carbocycles. The molecule has 1 aromatic rings. The average molecular weight is 276 g/mol. The molecular weight excluding hydrogens is 252 g/mol. The predicted molar refractivity (Wildman–Crippen MR) is 79.8 cm³/mol. The third-order valence-corrected chi connectivity index (χ3v) is 4.28. The first-order valence-electron chi connectivity index (χ1n) is 7.62. The third kappa shape index (κ3) is 3.29. The molecule has 2 aliphatic heterocycles. The number of aromatic nitrogens is 1. The van der Waals surface area contributed by atoms with E-state index in [1.807, 2.05) is 6.20 Å². The monoisotopic (exact) mass is 276 g/mol. The summed E-state index contributed by atoms with van der Waals surface area (Å²) in [5.74, 6) is 1.42. The molecule has 2 atom stereocenters. The van der Waals surface area contributed by atoms with Crippen molar-refractivity contribution < 1.29 is 5.11 Å². The number of nitrogens with one attached hydrogen (secondary N) is 2. The highest BCUT2D eigenvalue weighted by Crippen LogP contribution is 2.17. The largest absolute Gasteiger partial charge is 0.391 e. The highest BCUT2D eigenvalue weighted by atomic mass is 16.3. The summed E-state index contributed by atoms with van der Waals surface area (Å²) in [5, 5.41) is 16.3. The van der Waals surface area contributed by atoms with Gasteiger partial charge in [-0.2, -0.15) is 0 Å². The van der Waals surface area contributed by atoms with Gasteiger partial charge in [0.25, 0.3) is 0 Å². The Bertz CT molecular complexity index is 416. The van der Waals surface area contributed by atoms with Crippen LogP contribution in [0.5, 0.6) is 0 Å². The standard InChI is InChI=1S/C15H24N4O/c20-14-11-17-10-13(14)9-16-7-12-3-4-15(18-8-12)19-5-1-2-6-19/h3-4,8,13-14,16-17,20H,1-2,5-7,9-11H2. The maximum atomic E-state index is 9.72. The van der Waals surface area contributed by atoms with Gasteiger partial charge >= 0.3 is 0 Å². The van der Waals surface area contributed by atoms with E-state index in [1.165, 1.54) is 18.4 Å². The third-order valence-electron chi connectivity index (χ3n) is 4.28. The molecule has 5 heteroatoms. The molecule has 1 aromatic heterocycles. The molecule has 3 rings (SSSR count). The second kappa shape index (κ2) is 6.52. The molecule has 2 fully saturated rings. The first-order chi connectivity index (χ1) is 9.83. The number of hydrogen-bond acceptors (Lipinski definition) is 5. The Kier molecular flexibility index (Phi) is 4.50. The molecule has 0 amide bonds. The lowest BCUT2D eigenvalue weighted by molar-refractivity contribution is 0.146. The van der Waals surface area contributed by atoms with Crippen LogP contribution >= 0.6 is 0 Å². The Hall–Kier alpha value is -1.17. The van der Waals surface area contributed by atoms with Crippen molar-refractivity contribution in [2.75, 3.05) is 37.6 Å². The first kappa shape index (κ1) is 13.8. The molecule has 2 unspecified atom stereocenters. The van der Waals surface area contributed by atoms with E-state index in [0.29, 0.717) is 5.92 Å². The van der Waals surface area contributed by atoms with Crippen LogP contribution in [0.1, 0.15) is 18.4 Å². The van der Waals surface area contributed by atoms with Crippen molar-refractivity contribution in [3.63, 3.8) is 0 Å². The molecule has 0 spiro atoms. The lowest BCUT2D eigenvalue weighted by Crippen LogP contribution is -2.30. The van der Waals surface area contributed by atoms with Crippen LogP contribution < -0.4 is 15.5 Å². The SMILES string of the molecule is OC1CNCC1CNCc1ccc(N2CCCC2)nc1. The Balaban J connectivity index is 1.45. The van der Waals surface area contributed by atoms with Crippen LogP contribution in [0.15, 0.2) is 18.3 Å². The minimum atomic E-state index is -0.210. The molecule has 2 aliphatic rings. The smallest absolute Gasteiger partial charge is 0.128 e.